The maximum absolute atomic E-state index is 14.4. The van der Waals surface area contributed by atoms with Gasteiger partial charge >= 0.3 is 0 Å². The van der Waals surface area contributed by atoms with Crippen molar-refractivity contribution in [2.75, 3.05) is 13.1 Å². The fraction of sp³-hybridized carbons (Fsp3) is 0.417. The number of halogens is 3. The summed E-state index contributed by atoms with van der Waals surface area (Å²) in [6, 6.07) is 7.48. The Kier molecular flexibility index (Phi) is 6.13. The summed E-state index contributed by atoms with van der Waals surface area (Å²) in [6.45, 7) is 8.89. The monoisotopic (exact) mass is 445 g/mol. The van der Waals surface area contributed by atoms with Gasteiger partial charge in [-0.2, -0.15) is 0 Å². The first-order chi connectivity index (χ1) is 14.7. The third-order valence-corrected chi connectivity index (χ3v) is 6.48. The summed E-state index contributed by atoms with van der Waals surface area (Å²) in [6.07, 6.45) is 2.19. The normalized spacial score (nSPS) is 17.6. The van der Waals surface area contributed by atoms with Crippen LogP contribution in [0.5, 0.6) is 0 Å². The molecule has 31 heavy (non-hydrogen) atoms. The Labute approximate surface area is 185 Å². The summed E-state index contributed by atoms with van der Waals surface area (Å²) in [4.78, 5) is 20.4. The number of nitrogens with zero attached hydrogens (tertiary/aromatic N) is 3. The van der Waals surface area contributed by atoms with E-state index in [0.29, 0.717) is 40.8 Å². The largest absolute Gasteiger partial charge is 0.301 e. The fourth-order valence-corrected chi connectivity index (χ4v) is 4.60. The number of aryl methyl sites for hydroxylation is 1. The predicted molar refractivity (Wildman–Crippen MR) is 121 cm³/mol. The second kappa shape index (κ2) is 8.67. The number of benzene rings is 2. The molecule has 7 heteroatoms. The van der Waals surface area contributed by atoms with Crippen LogP contribution in [0.15, 0.2) is 35.1 Å². The predicted octanol–water partition coefficient (Wildman–Crippen LogP) is 5.42. The van der Waals surface area contributed by atoms with Gasteiger partial charge in [-0.1, -0.05) is 17.7 Å². The summed E-state index contributed by atoms with van der Waals surface area (Å²) >= 11 is 5.85. The van der Waals surface area contributed by atoms with Crippen LogP contribution in [0.25, 0.3) is 22.0 Å². The van der Waals surface area contributed by atoms with Gasteiger partial charge in [0.2, 0.25) is 0 Å². The van der Waals surface area contributed by atoms with E-state index in [-0.39, 0.29) is 16.1 Å². The van der Waals surface area contributed by atoms with Crippen LogP contribution in [-0.2, 0) is 6.54 Å². The minimum Gasteiger partial charge on any atom is -0.301 e. The van der Waals surface area contributed by atoms with Crippen LogP contribution in [0.3, 0.4) is 0 Å². The smallest absolute Gasteiger partial charge is 0.261 e. The first-order valence-corrected chi connectivity index (χ1v) is 11.0. The van der Waals surface area contributed by atoms with Crippen molar-refractivity contribution < 1.29 is 8.78 Å². The summed E-state index contributed by atoms with van der Waals surface area (Å²) < 4.78 is 29.7. The van der Waals surface area contributed by atoms with Crippen LogP contribution in [0.4, 0.5) is 8.78 Å². The van der Waals surface area contributed by atoms with E-state index in [9.17, 15) is 13.6 Å². The lowest BCUT2D eigenvalue weighted by atomic mass is 9.96. The second-order valence-corrected chi connectivity index (χ2v) is 9.06. The number of hydrogen-bond acceptors (Lipinski definition) is 3. The van der Waals surface area contributed by atoms with Gasteiger partial charge in [0.15, 0.2) is 0 Å². The molecule has 1 aliphatic heterocycles. The van der Waals surface area contributed by atoms with E-state index in [1.54, 1.807) is 22.8 Å². The molecular formula is C24H26ClF2N3O. The highest BCUT2D eigenvalue weighted by molar-refractivity contribution is 6.31. The van der Waals surface area contributed by atoms with Gasteiger partial charge in [-0.3, -0.25) is 9.36 Å². The number of likely N-dealkylation sites (tertiary alicyclic amines) is 1. The number of piperidine rings is 1. The SMILES string of the molecule is Cc1nc2ccc(-c3cc(Cl)c(F)cc3F)cc2c(=O)n1C[C@H]1CCCN(C(C)C)C1. The van der Waals surface area contributed by atoms with Crippen LogP contribution in [-0.4, -0.2) is 33.6 Å². The average Bonchev–Trinajstić information content (AvgIpc) is 2.74. The van der Waals surface area contributed by atoms with Crippen LogP contribution < -0.4 is 5.56 Å². The quantitative estimate of drug-likeness (QED) is 0.503. The van der Waals surface area contributed by atoms with Gasteiger partial charge in [0.05, 0.1) is 15.9 Å². The van der Waals surface area contributed by atoms with Gasteiger partial charge in [-0.25, -0.2) is 13.8 Å². The zero-order chi connectivity index (χ0) is 22.3. The van der Waals surface area contributed by atoms with E-state index in [2.05, 4.69) is 23.7 Å². The molecule has 0 N–H and O–H groups in total. The van der Waals surface area contributed by atoms with Crippen molar-refractivity contribution in [3.63, 3.8) is 0 Å². The Hall–Kier alpha value is -2.31. The summed E-state index contributed by atoms with van der Waals surface area (Å²) in [5.74, 6) is -0.491. The zero-order valence-electron chi connectivity index (χ0n) is 18.0. The van der Waals surface area contributed by atoms with E-state index in [4.69, 9.17) is 11.6 Å². The molecule has 1 fully saturated rings. The van der Waals surface area contributed by atoms with E-state index >= 15 is 0 Å². The molecule has 3 aromatic rings. The van der Waals surface area contributed by atoms with Gasteiger partial charge in [-0.05, 0) is 69.8 Å². The molecule has 4 rings (SSSR count). The molecule has 0 radical (unpaired) electrons. The minimum atomic E-state index is -0.814. The average molecular weight is 446 g/mol. The fourth-order valence-electron chi connectivity index (χ4n) is 4.43. The highest BCUT2D eigenvalue weighted by Crippen LogP contribution is 2.29. The van der Waals surface area contributed by atoms with Gasteiger partial charge in [-0.15, -0.1) is 0 Å². The van der Waals surface area contributed by atoms with Gasteiger partial charge < -0.3 is 4.90 Å². The molecule has 2 aromatic carbocycles. The molecule has 0 spiro atoms. The highest BCUT2D eigenvalue weighted by atomic mass is 35.5. The lowest BCUT2D eigenvalue weighted by molar-refractivity contribution is 0.129. The molecular weight excluding hydrogens is 420 g/mol. The topological polar surface area (TPSA) is 38.1 Å². The van der Waals surface area contributed by atoms with Crippen LogP contribution in [0.2, 0.25) is 5.02 Å². The van der Waals surface area contributed by atoms with Gasteiger partial charge in [0.25, 0.3) is 5.56 Å². The third kappa shape index (κ3) is 4.37. The third-order valence-electron chi connectivity index (χ3n) is 6.19. The molecule has 0 saturated carbocycles. The zero-order valence-corrected chi connectivity index (χ0v) is 18.7. The van der Waals surface area contributed by atoms with Crippen LogP contribution in [0, 0.1) is 24.5 Å². The number of rotatable bonds is 4. The van der Waals surface area contributed by atoms with Crippen molar-refractivity contribution in [2.24, 2.45) is 5.92 Å². The molecule has 164 valence electrons. The molecule has 0 bridgehead atoms. The molecule has 1 saturated heterocycles. The molecule has 0 unspecified atom stereocenters. The van der Waals surface area contributed by atoms with E-state index in [1.807, 2.05) is 6.92 Å². The molecule has 1 aromatic heterocycles. The van der Waals surface area contributed by atoms with E-state index in [0.717, 1.165) is 32.0 Å². The Bertz CT molecular complexity index is 1190. The number of fused-ring (bicyclic) bond motifs is 1. The molecule has 1 aliphatic rings. The highest BCUT2D eigenvalue weighted by Gasteiger charge is 2.23. The molecule has 4 nitrogen and oxygen atoms in total. The second-order valence-electron chi connectivity index (χ2n) is 8.65. The Morgan fingerprint density at radius 3 is 2.71 bits per heavy atom. The number of aromatic nitrogens is 2. The standard InChI is InChI=1S/C24H26ClF2N3O/c1-14(2)29-8-4-5-16(12-29)13-30-15(3)28-23-7-6-17(9-19(23)24(30)31)18-10-20(25)22(27)11-21(18)26/h6-7,9-11,14,16H,4-5,8,12-13H2,1-3H3/t16-/m0/s1. The van der Waals surface area contributed by atoms with Crippen molar-refractivity contribution >= 4 is 22.5 Å². The van der Waals surface area contributed by atoms with Crippen molar-refractivity contribution in [3.8, 4) is 11.1 Å². The molecule has 1 atom stereocenters. The van der Waals surface area contributed by atoms with Crippen molar-refractivity contribution in [3.05, 3.63) is 63.2 Å². The summed E-state index contributed by atoms with van der Waals surface area (Å²) in [5.41, 5.74) is 1.03. The number of hydrogen-bond donors (Lipinski definition) is 0. The Morgan fingerprint density at radius 2 is 1.97 bits per heavy atom. The first kappa shape index (κ1) is 21.9. The van der Waals surface area contributed by atoms with Crippen molar-refractivity contribution in [2.45, 2.75) is 46.2 Å². The van der Waals surface area contributed by atoms with Gasteiger partial charge in [0, 0.05) is 30.8 Å². The molecule has 0 aliphatic carbocycles. The van der Waals surface area contributed by atoms with E-state index < -0.39 is 11.6 Å². The Balaban J connectivity index is 1.73. The Morgan fingerprint density at radius 1 is 1.19 bits per heavy atom. The maximum atomic E-state index is 14.4. The summed E-state index contributed by atoms with van der Waals surface area (Å²) in [7, 11) is 0. The molecule has 2 heterocycles. The van der Waals surface area contributed by atoms with E-state index in [1.165, 1.54) is 6.07 Å². The van der Waals surface area contributed by atoms with Crippen molar-refractivity contribution in [1.29, 1.82) is 0 Å². The van der Waals surface area contributed by atoms with Crippen LogP contribution >= 0.6 is 11.6 Å². The summed E-state index contributed by atoms with van der Waals surface area (Å²) in [5, 5.41) is 0.252. The lowest BCUT2D eigenvalue weighted by Crippen LogP contribution is -2.42. The van der Waals surface area contributed by atoms with Crippen molar-refractivity contribution in [1.82, 2.24) is 14.5 Å². The molecule has 0 amide bonds. The first-order valence-electron chi connectivity index (χ1n) is 10.6. The lowest BCUT2D eigenvalue weighted by Gasteiger charge is -2.35. The maximum Gasteiger partial charge on any atom is 0.261 e. The minimum absolute atomic E-state index is 0.139. The van der Waals surface area contributed by atoms with Crippen LogP contribution in [0.1, 0.15) is 32.5 Å². The van der Waals surface area contributed by atoms with Gasteiger partial charge in [0.1, 0.15) is 17.5 Å².